The van der Waals surface area contributed by atoms with Crippen LogP contribution in [0.15, 0.2) is 6.33 Å². The van der Waals surface area contributed by atoms with Gasteiger partial charge < -0.3 is 10.6 Å². The van der Waals surface area contributed by atoms with Gasteiger partial charge >= 0.3 is 0 Å². The van der Waals surface area contributed by atoms with Crippen molar-refractivity contribution in [3.63, 3.8) is 0 Å². The van der Waals surface area contributed by atoms with Crippen LogP contribution in [0.25, 0.3) is 0 Å². The van der Waals surface area contributed by atoms with Crippen LogP contribution >= 0.6 is 0 Å². The van der Waals surface area contributed by atoms with Gasteiger partial charge in [-0.3, -0.25) is 4.79 Å². The van der Waals surface area contributed by atoms with Crippen molar-refractivity contribution >= 4 is 5.91 Å². The van der Waals surface area contributed by atoms with Crippen molar-refractivity contribution in [1.82, 2.24) is 25.4 Å². The maximum atomic E-state index is 11.6. The second-order valence-electron chi connectivity index (χ2n) is 5.02. The van der Waals surface area contributed by atoms with Crippen molar-refractivity contribution < 1.29 is 4.79 Å². The monoisotopic (exact) mass is 267 g/mol. The first-order valence-corrected chi connectivity index (χ1v) is 6.93. The molecule has 0 aliphatic heterocycles. The molecule has 6 heteroatoms. The fourth-order valence-corrected chi connectivity index (χ4v) is 1.68. The Morgan fingerprint density at radius 3 is 2.79 bits per heavy atom. The SMILES string of the molecule is CCC(C)NC(=O)CCNCc1ncnn1C(C)C. The highest BCUT2D eigenvalue weighted by Crippen LogP contribution is 2.04. The Kier molecular flexibility index (Phi) is 6.49. The molecule has 108 valence electrons. The summed E-state index contributed by atoms with van der Waals surface area (Å²) < 4.78 is 1.88. The minimum Gasteiger partial charge on any atom is -0.354 e. The molecule has 0 aromatic carbocycles. The zero-order chi connectivity index (χ0) is 14.3. The van der Waals surface area contributed by atoms with E-state index in [-0.39, 0.29) is 11.9 Å². The number of amides is 1. The van der Waals surface area contributed by atoms with Crippen LogP contribution in [0.1, 0.15) is 52.4 Å². The minimum absolute atomic E-state index is 0.0900. The lowest BCUT2D eigenvalue weighted by Crippen LogP contribution is -2.34. The average Bonchev–Trinajstić information content (AvgIpc) is 2.83. The summed E-state index contributed by atoms with van der Waals surface area (Å²) in [5.74, 6) is 0.990. The van der Waals surface area contributed by atoms with Crippen LogP contribution in [0, 0.1) is 0 Å². The molecule has 2 N–H and O–H groups in total. The number of carbonyl (C=O) groups excluding carboxylic acids is 1. The van der Waals surface area contributed by atoms with Gasteiger partial charge in [0.05, 0.1) is 6.54 Å². The van der Waals surface area contributed by atoms with E-state index in [1.165, 1.54) is 0 Å². The number of nitrogens with zero attached hydrogens (tertiary/aromatic N) is 3. The molecule has 0 aliphatic rings. The first-order chi connectivity index (χ1) is 9.04. The van der Waals surface area contributed by atoms with Gasteiger partial charge in [0.25, 0.3) is 0 Å². The van der Waals surface area contributed by atoms with E-state index in [0.29, 0.717) is 25.6 Å². The highest BCUT2D eigenvalue weighted by Gasteiger charge is 2.08. The second-order valence-corrected chi connectivity index (χ2v) is 5.02. The number of hydrogen-bond donors (Lipinski definition) is 2. The molecule has 19 heavy (non-hydrogen) atoms. The molecule has 1 amide bonds. The smallest absolute Gasteiger partial charge is 0.221 e. The molecule has 0 bridgehead atoms. The minimum atomic E-state index is 0.0900. The molecule has 6 nitrogen and oxygen atoms in total. The highest BCUT2D eigenvalue weighted by molar-refractivity contribution is 5.76. The van der Waals surface area contributed by atoms with Crippen LogP contribution < -0.4 is 10.6 Å². The van der Waals surface area contributed by atoms with Crippen LogP contribution in [0.4, 0.5) is 0 Å². The van der Waals surface area contributed by atoms with E-state index in [0.717, 1.165) is 12.2 Å². The van der Waals surface area contributed by atoms with E-state index in [1.807, 2.05) is 11.6 Å². The fourth-order valence-electron chi connectivity index (χ4n) is 1.68. The molecule has 1 rings (SSSR count). The van der Waals surface area contributed by atoms with E-state index < -0.39 is 0 Å². The maximum Gasteiger partial charge on any atom is 0.221 e. The Balaban J connectivity index is 2.24. The van der Waals surface area contributed by atoms with Crippen LogP contribution in [0.2, 0.25) is 0 Å². The van der Waals surface area contributed by atoms with Crippen molar-refractivity contribution in [2.24, 2.45) is 0 Å². The van der Waals surface area contributed by atoms with Crippen LogP contribution in [0.5, 0.6) is 0 Å². The molecule has 1 unspecified atom stereocenters. The Morgan fingerprint density at radius 2 is 2.16 bits per heavy atom. The fraction of sp³-hybridized carbons (Fsp3) is 0.769. The molecule has 0 spiro atoms. The van der Waals surface area contributed by atoms with Crippen LogP contribution in [-0.4, -0.2) is 33.3 Å². The molecule has 1 heterocycles. The van der Waals surface area contributed by atoms with E-state index in [2.05, 4.69) is 41.5 Å². The molecule has 0 fully saturated rings. The summed E-state index contributed by atoms with van der Waals surface area (Å²) in [5.41, 5.74) is 0. The lowest BCUT2D eigenvalue weighted by Gasteiger charge is -2.12. The van der Waals surface area contributed by atoms with E-state index in [4.69, 9.17) is 0 Å². The highest BCUT2D eigenvalue weighted by atomic mass is 16.1. The molecule has 0 radical (unpaired) electrons. The third-order valence-electron chi connectivity index (χ3n) is 2.97. The number of carbonyl (C=O) groups is 1. The van der Waals surface area contributed by atoms with Crippen molar-refractivity contribution in [2.45, 2.75) is 59.2 Å². The van der Waals surface area contributed by atoms with Crippen molar-refractivity contribution in [3.05, 3.63) is 12.2 Å². The Bertz CT molecular complexity index is 388. The average molecular weight is 267 g/mol. The second kappa shape index (κ2) is 7.89. The largest absolute Gasteiger partial charge is 0.354 e. The summed E-state index contributed by atoms with van der Waals surface area (Å²) in [6, 6.07) is 0.546. The third-order valence-corrected chi connectivity index (χ3v) is 2.97. The van der Waals surface area contributed by atoms with Crippen molar-refractivity contribution in [2.75, 3.05) is 6.54 Å². The van der Waals surface area contributed by atoms with Gasteiger partial charge in [0.1, 0.15) is 12.2 Å². The summed E-state index contributed by atoms with van der Waals surface area (Å²) in [7, 11) is 0. The van der Waals surface area contributed by atoms with Gasteiger partial charge in [-0.1, -0.05) is 6.92 Å². The molecular weight excluding hydrogens is 242 g/mol. The van der Waals surface area contributed by atoms with E-state index >= 15 is 0 Å². The molecule has 1 atom stereocenters. The zero-order valence-corrected chi connectivity index (χ0v) is 12.3. The van der Waals surface area contributed by atoms with Gasteiger partial charge in [-0.05, 0) is 27.2 Å². The van der Waals surface area contributed by atoms with Crippen molar-refractivity contribution in [3.8, 4) is 0 Å². The molecule has 0 saturated carbocycles. The Morgan fingerprint density at radius 1 is 1.42 bits per heavy atom. The summed E-state index contributed by atoms with van der Waals surface area (Å²) in [6.07, 6.45) is 3.00. The van der Waals surface area contributed by atoms with Crippen LogP contribution in [0.3, 0.4) is 0 Å². The normalized spacial score (nSPS) is 12.7. The number of aromatic nitrogens is 3. The summed E-state index contributed by atoms with van der Waals surface area (Å²) in [6.45, 7) is 9.48. The molecular formula is C13H25N5O. The van der Waals surface area contributed by atoms with Gasteiger partial charge in [-0.15, -0.1) is 0 Å². The van der Waals surface area contributed by atoms with Crippen molar-refractivity contribution in [1.29, 1.82) is 0 Å². The van der Waals surface area contributed by atoms with Gasteiger partial charge in [0, 0.05) is 25.0 Å². The standard InChI is InChI=1S/C13H25N5O/c1-5-11(4)17-13(19)6-7-14-8-12-15-9-16-18(12)10(2)3/h9-11,14H,5-8H2,1-4H3,(H,17,19). The first kappa shape index (κ1) is 15.6. The first-order valence-electron chi connectivity index (χ1n) is 6.93. The van der Waals surface area contributed by atoms with E-state index in [9.17, 15) is 4.79 Å². The Hall–Kier alpha value is -1.43. The zero-order valence-electron chi connectivity index (χ0n) is 12.3. The van der Waals surface area contributed by atoms with Gasteiger partial charge in [0.2, 0.25) is 5.91 Å². The predicted octanol–water partition coefficient (Wildman–Crippen LogP) is 1.25. The summed E-state index contributed by atoms with van der Waals surface area (Å²) in [5, 5.41) is 10.3. The number of rotatable bonds is 8. The summed E-state index contributed by atoms with van der Waals surface area (Å²) >= 11 is 0. The van der Waals surface area contributed by atoms with Crippen LogP contribution in [-0.2, 0) is 11.3 Å². The molecule has 1 aromatic heterocycles. The number of hydrogen-bond acceptors (Lipinski definition) is 4. The lowest BCUT2D eigenvalue weighted by molar-refractivity contribution is -0.121. The third kappa shape index (κ3) is 5.38. The van der Waals surface area contributed by atoms with E-state index in [1.54, 1.807) is 6.33 Å². The van der Waals surface area contributed by atoms with Gasteiger partial charge in [-0.25, -0.2) is 9.67 Å². The topological polar surface area (TPSA) is 71.8 Å². The predicted molar refractivity (Wildman–Crippen MR) is 74.6 cm³/mol. The van der Waals surface area contributed by atoms with Gasteiger partial charge in [0.15, 0.2) is 0 Å². The van der Waals surface area contributed by atoms with Gasteiger partial charge in [-0.2, -0.15) is 5.10 Å². The number of nitrogens with one attached hydrogen (secondary N) is 2. The Labute approximate surface area is 115 Å². The molecule has 0 aliphatic carbocycles. The molecule has 1 aromatic rings. The summed E-state index contributed by atoms with van der Waals surface area (Å²) in [4.78, 5) is 15.8. The maximum absolute atomic E-state index is 11.6. The quantitative estimate of drug-likeness (QED) is 0.695. The molecule has 0 saturated heterocycles. The lowest BCUT2D eigenvalue weighted by atomic mass is 10.2.